The van der Waals surface area contributed by atoms with Gasteiger partial charge < -0.3 is 10.2 Å². The van der Waals surface area contributed by atoms with Crippen molar-refractivity contribution in [3.63, 3.8) is 0 Å². The SMILES string of the molecule is CC(C)(C)c1ccc2nnc(C3CCN(CC4CCC(=O)NC4)CC3)n2n1. The second kappa shape index (κ2) is 7.19. The minimum absolute atomic E-state index is 0.00844. The van der Waals surface area contributed by atoms with Gasteiger partial charge in [-0.05, 0) is 50.4 Å². The van der Waals surface area contributed by atoms with Gasteiger partial charge >= 0.3 is 0 Å². The standard InChI is InChI=1S/C20H30N6O/c1-20(2,3)16-5-6-17-22-23-19(26(17)24-16)15-8-10-25(11-9-15)13-14-4-7-18(27)21-12-14/h5-6,14-15H,4,7-13H2,1-3H3,(H,21,27). The van der Waals surface area contributed by atoms with E-state index in [0.717, 1.165) is 62.6 Å². The molecule has 0 saturated carbocycles. The van der Waals surface area contributed by atoms with Gasteiger partial charge in [0.05, 0.1) is 5.69 Å². The average molecular weight is 371 g/mol. The fraction of sp³-hybridized carbons (Fsp3) is 0.700. The number of likely N-dealkylation sites (tertiary alicyclic amines) is 1. The molecule has 27 heavy (non-hydrogen) atoms. The Kier molecular flexibility index (Phi) is 4.88. The summed E-state index contributed by atoms with van der Waals surface area (Å²) in [6.45, 7) is 10.6. The molecule has 2 saturated heterocycles. The number of nitrogens with one attached hydrogen (secondary N) is 1. The number of carbonyl (C=O) groups is 1. The molecule has 0 spiro atoms. The second-order valence-corrected chi connectivity index (χ2v) is 9.08. The van der Waals surface area contributed by atoms with Crippen molar-refractivity contribution in [2.45, 2.75) is 57.8 Å². The van der Waals surface area contributed by atoms with E-state index in [0.29, 0.717) is 18.3 Å². The molecule has 0 radical (unpaired) electrons. The number of hydrogen-bond donors (Lipinski definition) is 1. The van der Waals surface area contributed by atoms with Crippen molar-refractivity contribution < 1.29 is 4.79 Å². The average Bonchev–Trinajstić information content (AvgIpc) is 3.07. The fourth-order valence-corrected chi connectivity index (χ4v) is 4.14. The number of fused-ring (bicyclic) bond motifs is 1. The summed E-state index contributed by atoms with van der Waals surface area (Å²) in [4.78, 5) is 13.9. The molecule has 0 aromatic carbocycles. The molecule has 7 heteroatoms. The van der Waals surface area contributed by atoms with Crippen LogP contribution in [-0.2, 0) is 10.2 Å². The smallest absolute Gasteiger partial charge is 0.220 e. The van der Waals surface area contributed by atoms with E-state index in [4.69, 9.17) is 5.10 Å². The summed E-state index contributed by atoms with van der Waals surface area (Å²) in [6, 6.07) is 4.08. The maximum Gasteiger partial charge on any atom is 0.220 e. The van der Waals surface area contributed by atoms with Crippen LogP contribution in [0, 0.1) is 5.92 Å². The molecule has 1 N–H and O–H groups in total. The first-order chi connectivity index (χ1) is 12.9. The third kappa shape index (κ3) is 3.98. The zero-order valence-corrected chi connectivity index (χ0v) is 16.6. The van der Waals surface area contributed by atoms with Gasteiger partial charge in [0.15, 0.2) is 11.5 Å². The summed E-state index contributed by atoms with van der Waals surface area (Å²) in [7, 11) is 0. The van der Waals surface area contributed by atoms with Crippen LogP contribution >= 0.6 is 0 Å². The molecule has 1 atom stereocenters. The largest absolute Gasteiger partial charge is 0.356 e. The normalized spacial score (nSPS) is 22.9. The van der Waals surface area contributed by atoms with Gasteiger partial charge in [-0.15, -0.1) is 10.2 Å². The predicted octanol–water partition coefficient (Wildman–Crippen LogP) is 2.13. The lowest BCUT2D eigenvalue weighted by Crippen LogP contribution is -2.43. The monoisotopic (exact) mass is 370 g/mol. The number of amides is 1. The number of piperidine rings is 2. The maximum absolute atomic E-state index is 11.3. The number of hydrogen-bond acceptors (Lipinski definition) is 5. The van der Waals surface area contributed by atoms with Crippen LogP contribution < -0.4 is 5.32 Å². The molecule has 2 aliphatic rings. The molecule has 4 heterocycles. The van der Waals surface area contributed by atoms with Crippen LogP contribution in [0.4, 0.5) is 0 Å². The Balaban J connectivity index is 1.41. The third-order valence-corrected chi connectivity index (χ3v) is 5.89. The summed E-state index contributed by atoms with van der Waals surface area (Å²) in [5, 5.41) is 16.6. The van der Waals surface area contributed by atoms with E-state index >= 15 is 0 Å². The number of rotatable bonds is 3. The lowest BCUT2D eigenvalue weighted by atomic mass is 9.92. The number of nitrogens with zero attached hydrogens (tertiary/aromatic N) is 5. The van der Waals surface area contributed by atoms with Gasteiger partial charge in [-0.2, -0.15) is 9.61 Å². The molecule has 0 aliphatic carbocycles. The summed E-state index contributed by atoms with van der Waals surface area (Å²) in [5.41, 5.74) is 1.90. The number of carbonyl (C=O) groups excluding carboxylic acids is 1. The first-order valence-corrected chi connectivity index (χ1v) is 10.1. The molecule has 4 rings (SSSR count). The van der Waals surface area contributed by atoms with Crippen LogP contribution in [0.1, 0.15) is 63.9 Å². The van der Waals surface area contributed by atoms with E-state index in [2.05, 4.69) is 47.3 Å². The Hall–Kier alpha value is -2.02. The first-order valence-electron chi connectivity index (χ1n) is 10.1. The Morgan fingerprint density at radius 2 is 1.93 bits per heavy atom. The zero-order valence-electron chi connectivity index (χ0n) is 16.6. The number of aromatic nitrogens is 4. The Morgan fingerprint density at radius 3 is 2.59 bits per heavy atom. The molecule has 146 valence electrons. The third-order valence-electron chi connectivity index (χ3n) is 5.89. The molecule has 2 aromatic rings. The van der Waals surface area contributed by atoms with Gasteiger partial charge in [-0.3, -0.25) is 4.79 Å². The van der Waals surface area contributed by atoms with Crippen molar-refractivity contribution in [3.05, 3.63) is 23.7 Å². The van der Waals surface area contributed by atoms with E-state index in [1.165, 1.54) is 0 Å². The van der Waals surface area contributed by atoms with E-state index in [1.807, 2.05) is 10.6 Å². The van der Waals surface area contributed by atoms with Gasteiger partial charge in [-0.1, -0.05) is 20.8 Å². The summed E-state index contributed by atoms with van der Waals surface area (Å²) in [5.74, 6) is 2.20. The second-order valence-electron chi connectivity index (χ2n) is 9.08. The van der Waals surface area contributed by atoms with Crippen molar-refractivity contribution in [3.8, 4) is 0 Å². The topological polar surface area (TPSA) is 75.4 Å². The van der Waals surface area contributed by atoms with Crippen LogP contribution in [0.5, 0.6) is 0 Å². The van der Waals surface area contributed by atoms with Gasteiger partial charge in [-0.25, -0.2) is 0 Å². The van der Waals surface area contributed by atoms with E-state index in [1.54, 1.807) is 0 Å². The Labute approximate surface area is 160 Å². The van der Waals surface area contributed by atoms with E-state index in [9.17, 15) is 4.79 Å². The van der Waals surface area contributed by atoms with Crippen molar-refractivity contribution in [1.29, 1.82) is 0 Å². The Bertz CT molecular complexity index is 805. The van der Waals surface area contributed by atoms with Crippen LogP contribution in [0.2, 0.25) is 0 Å². The molecular weight excluding hydrogens is 340 g/mol. The maximum atomic E-state index is 11.3. The van der Waals surface area contributed by atoms with Gasteiger partial charge in [0.25, 0.3) is 0 Å². The van der Waals surface area contributed by atoms with Crippen molar-refractivity contribution >= 4 is 11.6 Å². The summed E-state index contributed by atoms with van der Waals surface area (Å²) in [6.07, 6.45) is 3.86. The molecule has 0 bridgehead atoms. The molecule has 1 unspecified atom stereocenters. The highest BCUT2D eigenvalue weighted by molar-refractivity contribution is 5.76. The van der Waals surface area contributed by atoms with Crippen molar-refractivity contribution in [2.24, 2.45) is 5.92 Å². The Morgan fingerprint density at radius 1 is 1.15 bits per heavy atom. The minimum atomic E-state index is 0.00844. The van der Waals surface area contributed by atoms with Gasteiger partial charge in [0.2, 0.25) is 5.91 Å². The highest BCUT2D eigenvalue weighted by Gasteiger charge is 2.28. The van der Waals surface area contributed by atoms with Gasteiger partial charge in [0, 0.05) is 30.8 Å². The molecular formula is C20H30N6O. The van der Waals surface area contributed by atoms with Crippen molar-refractivity contribution in [1.82, 2.24) is 30.0 Å². The van der Waals surface area contributed by atoms with Crippen LogP contribution in [0.25, 0.3) is 5.65 Å². The predicted molar refractivity (Wildman–Crippen MR) is 104 cm³/mol. The van der Waals surface area contributed by atoms with Crippen molar-refractivity contribution in [2.75, 3.05) is 26.2 Å². The molecule has 2 aliphatic heterocycles. The van der Waals surface area contributed by atoms with Crippen LogP contribution in [-0.4, -0.2) is 56.8 Å². The molecule has 7 nitrogen and oxygen atoms in total. The van der Waals surface area contributed by atoms with E-state index in [-0.39, 0.29) is 11.3 Å². The molecule has 2 fully saturated rings. The van der Waals surface area contributed by atoms with Gasteiger partial charge in [0.1, 0.15) is 0 Å². The zero-order chi connectivity index (χ0) is 19.0. The minimum Gasteiger partial charge on any atom is -0.356 e. The quantitative estimate of drug-likeness (QED) is 0.896. The summed E-state index contributed by atoms with van der Waals surface area (Å²) >= 11 is 0. The highest BCUT2D eigenvalue weighted by Crippen LogP contribution is 2.28. The van der Waals surface area contributed by atoms with Crippen LogP contribution in [0.3, 0.4) is 0 Å². The lowest BCUT2D eigenvalue weighted by molar-refractivity contribution is -0.123. The highest BCUT2D eigenvalue weighted by atomic mass is 16.1. The molecule has 2 aromatic heterocycles. The fourth-order valence-electron chi connectivity index (χ4n) is 4.14. The van der Waals surface area contributed by atoms with E-state index < -0.39 is 0 Å². The lowest BCUT2D eigenvalue weighted by Gasteiger charge is -2.34. The first kappa shape index (κ1) is 18.3. The van der Waals surface area contributed by atoms with Crippen LogP contribution in [0.15, 0.2) is 12.1 Å². The molecule has 1 amide bonds. The summed E-state index contributed by atoms with van der Waals surface area (Å²) < 4.78 is 1.96.